The SMILES string of the molecule is CC=Cc1ccc(N(c2ccccc2)c2cccc(-c3cccc(-c4ccc5c(c4)c4ccccc4n5-c4ccc(-c5ccccc5)cc4-c4ccccc4)c3)c2)cc1. The van der Waals surface area contributed by atoms with E-state index < -0.39 is 0 Å². The Kier molecular flexibility index (Phi) is 9.50. The van der Waals surface area contributed by atoms with E-state index in [9.17, 15) is 0 Å². The van der Waals surface area contributed by atoms with E-state index in [2.05, 4.69) is 253 Å². The molecule has 10 aromatic rings. The van der Waals surface area contributed by atoms with Gasteiger partial charge in [0.1, 0.15) is 0 Å². The lowest BCUT2D eigenvalue weighted by atomic mass is 9.97. The predicted molar refractivity (Wildman–Crippen MR) is 252 cm³/mol. The summed E-state index contributed by atoms with van der Waals surface area (Å²) in [5.41, 5.74) is 17.6. The number of nitrogens with zero attached hydrogens (tertiary/aromatic N) is 2. The summed E-state index contributed by atoms with van der Waals surface area (Å²) in [6.07, 6.45) is 4.21. The van der Waals surface area contributed by atoms with Crippen LogP contribution < -0.4 is 4.90 Å². The lowest BCUT2D eigenvalue weighted by Crippen LogP contribution is -2.09. The van der Waals surface area contributed by atoms with Gasteiger partial charge in [0, 0.05) is 33.4 Å². The second-order valence-electron chi connectivity index (χ2n) is 14.9. The molecule has 2 heteroatoms. The maximum Gasteiger partial charge on any atom is 0.0541 e. The summed E-state index contributed by atoms with van der Waals surface area (Å²) in [6.45, 7) is 2.05. The van der Waals surface area contributed by atoms with Gasteiger partial charge in [0.25, 0.3) is 0 Å². The molecule has 0 saturated carbocycles. The first-order valence-corrected chi connectivity index (χ1v) is 20.3. The molecule has 2 nitrogen and oxygen atoms in total. The highest BCUT2D eigenvalue weighted by atomic mass is 15.1. The zero-order chi connectivity index (χ0) is 39.5. The molecule has 0 aliphatic heterocycles. The molecule has 0 aliphatic carbocycles. The topological polar surface area (TPSA) is 8.17 Å². The van der Waals surface area contributed by atoms with Crippen LogP contribution in [0.2, 0.25) is 0 Å². The standard InChI is InChI=1S/C57H42N2/c1-2-16-41-29-33-50(34-30-41)58(49-24-10-5-11-25-49)51-26-15-23-46(38-51)44-21-14-22-45(37-44)48-32-36-57-54(40-48)52-27-12-13-28-55(52)59(57)56-35-31-47(42-17-6-3-7-18-42)39-53(56)43-19-8-4-9-20-43/h2-40H,1H3. The van der Waals surface area contributed by atoms with Crippen molar-refractivity contribution in [3.05, 3.63) is 236 Å². The fourth-order valence-corrected chi connectivity index (χ4v) is 8.46. The molecule has 0 radical (unpaired) electrons. The maximum atomic E-state index is 2.44. The van der Waals surface area contributed by atoms with Gasteiger partial charge in [-0.3, -0.25) is 0 Å². The second-order valence-corrected chi connectivity index (χ2v) is 14.9. The molecule has 59 heavy (non-hydrogen) atoms. The van der Waals surface area contributed by atoms with Gasteiger partial charge in [-0.15, -0.1) is 0 Å². The highest BCUT2D eigenvalue weighted by Crippen LogP contribution is 2.41. The number of hydrogen-bond donors (Lipinski definition) is 0. The Labute approximate surface area is 346 Å². The van der Waals surface area contributed by atoms with Gasteiger partial charge in [-0.05, 0) is 124 Å². The molecule has 10 rings (SSSR count). The number of aromatic nitrogens is 1. The summed E-state index contributed by atoms with van der Waals surface area (Å²) in [5, 5.41) is 2.47. The van der Waals surface area contributed by atoms with Crippen LogP contribution in [0.15, 0.2) is 231 Å². The Bertz CT molecular complexity index is 3090. The van der Waals surface area contributed by atoms with Crippen LogP contribution in [0.3, 0.4) is 0 Å². The Balaban J connectivity index is 1.06. The van der Waals surface area contributed by atoms with Gasteiger partial charge in [0.15, 0.2) is 0 Å². The smallest absolute Gasteiger partial charge is 0.0541 e. The molecular formula is C57H42N2. The monoisotopic (exact) mass is 754 g/mol. The van der Waals surface area contributed by atoms with Crippen molar-refractivity contribution in [1.82, 2.24) is 4.57 Å². The van der Waals surface area contributed by atoms with Gasteiger partial charge in [0.2, 0.25) is 0 Å². The number of hydrogen-bond acceptors (Lipinski definition) is 1. The zero-order valence-corrected chi connectivity index (χ0v) is 32.9. The normalized spacial score (nSPS) is 11.4. The fraction of sp³-hybridized carbons (Fsp3) is 0.0175. The third-order valence-electron chi connectivity index (χ3n) is 11.3. The lowest BCUT2D eigenvalue weighted by Gasteiger charge is -2.26. The number of allylic oxidation sites excluding steroid dienone is 1. The quantitative estimate of drug-likeness (QED) is 0.142. The van der Waals surface area contributed by atoms with Crippen molar-refractivity contribution >= 4 is 44.9 Å². The number of para-hydroxylation sites is 2. The molecule has 1 aromatic heterocycles. The highest BCUT2D eigenvalue weighted by molar-refractivity contribution is 6.11. The summed E-state index contributed by atoms with van der Waals surface area (Å²) in [7, 11) is 0. The van der Waals surface area contributed by atoms with E-state index in [0.717, 1.165) is 22.7 Å². The molecule has 0 unspecified atom stereocenters. The molecule has 0 bridgehead atoms. The molecule has 0 aliphatic rings. The van der Waals surface area contributed by atoms with E-state index in [1.165, 1.54) is 71.9 Å². The summed E-state index contributed by atoms with van der Waals surface area (Å²) >= 11 is 0. The van der Waals surface area contributed by atoms with Crippen LogP contribution in [0, 0.1) is 0 Å². The van der Waals surface area contributed by atoms with E-state index in [1.54, 1.807) is 0 Å². The van der Waals surface area contributed by atoms with Crippen LogP contribution in [-0.4, -0.2) is 4.57 Å². The molecule has 0 amide bonds. The van der Waals surface area contributed by atoms with Crippen LogP contribution in [0.5, 0.6) is 0 Å². The molecule has 280 valence electrons. The summed E-state index contributed by atoms with van der Waals surface area (Å²) in [6, 6.07) is 81.3. The molecule has 1 heterocycles. The van der Waals surface area contributed by atoms with Gasteiger partial charge >= 0.3 is 0 Å². The number of anilines is 3. The third-order valence-corrected chi connectivity index (χ3v) is 11.3. The molecule has 0 N–H and O–H groups in total. The minimum Gasteiger partial charge on any atom is -0.310 e. The van der Waals surface area contributed by atoms with E-state index >= 15 is 0 Å². The average Bonchev–Trinajstić information content (AvgIpc) is 3.64. The van der Waals surface area contributed by atoms with Gasteiger partial charge < -0.3 is 9.47 Å². The first kappa shape index (κ1) is 35.7. The third kappa shape index (κ3) is 6.92. The van der Waals surface area contributed by atoms with Gasteiger partial charge in [-0.2, -0.15) is 0 Å². The van der Waals surface area contributed by atoms with Gasteiger partial charge in [-0.25, -0.2) is 0 Å². The number of rotatable bonds is 9. The predicted octanol–water partition coefficient (Wildman–Crippen LogP) is 16.0. The van der Waals surface area contributed by atoms with Crippen molar-refractivity contribution in [2.75, 3.05) is 4.90 Å². The molecule has 0 atom stereocenters. The molecule has 0 fully saturated rings. The summed E-state index contributed by atoms with van der Waals surface area (Å²) in [4.78, 5) is 2.33. The molecule has 0 saturated heterocycles. The Hall–Kier alpha value is -7.68. The maximum absolute atomic E-state index is 2.44. The fourth-order valence-electron chi connectivity index (χ4n) is 8.46. The van der Waals surface area contributed by atoms with Crippen molar-refractivity contribution in [2.45, 2.75) is 6.92 Å². The van der Waals surface area contributed by atoms with Crippen molar-refractivity contribution in [2.24, 2.45) is 0 Å². The van der Waals surface area contributed by atoms with Crippen LogP contribution in [0.4, 0.5) is 17.1 Å². The summed E-state index contributed by atoms with van der Waals surface area (Å²) in [5.74, 6) is 0. The zero-order valence-electron chi connectivity index (χ0n) is 32.9. The first-order chi connectivity index (χ1) is 29.2. The van der Waals surface area contributed by atoms with Gasteiger partial charge in [0.05, 0.1) is 16.7 Å². The minimum absolute atomic E-state index is 1.11. The van der Waals surface area contributed by atoms with Crippen LogP contribution in [-0.2, 0) is 0 Å². The van der Waals surface area contributed by atoms with E-state index in [0.29, 0.717) is 0 Å². The Morgan fingerprint density at radius 1 is 0.356 bits per heavy atom. The first-order valence-electron chi connectivity index (χ1n) is 20.3. The van der Waals surface area contributed by atoms with E-state index in [4.69, 9.17) is 0 Å². The van der Waals surface area contributed by atoms with Crippen molar-refractivity contribution < 1.29 is 0 Å². The van der Waals surface area contributed by atoms with E-state index in [-0.39, 0.29) is 0 Å². The van der Waals surface area contributed by atoms with Crippen LogP contribution in [0.25, 0.3) is 78.1 Å². The molecular weight excluding hydrogens is 713 g/mol. The van der Waals surface area contributed by atoms with Crippen molar-refractivity contribution in [3.63, 3.8) is 0 Å². The number of fused-ring (bicyclic) bond motifs is 3. The molecule has 9 aromatic carbocycles. The van der Waals surface area contributed by atoms with Crippen LogP contribution in [0.1, 0.15) is 12.5 Å². The second kappa shape index (κ2) is 15.7. The Morgan fingerprint density at radius 3 is 1.61 bits per heavy atom. The average molecular weight is 755 g/mol. The Morgan fingerprint density at radius 2 is 0.881 bits per heavy atom. The lowest BCUT2D eigenvalue weighted by molar-refractivity contribution is 1.18. The summed E-state index contributed by atoms with van der Waals surface area (Å²) < 4.78 is 2.44. The van der Waals surface area contributed by atoms with Gasteiger partial charge in [-0.1, -0.05) is 164 Å². The highest BCUT2D eigenvalue weighted by Gasteiger charge is 2.18. The van der Waals surface area contributed by atoms with Crippen LogP contribution >= 0.6 is 0 Å². The molecule has 0 spiro atoms. The van der Waals surface area contributed by atoms with E-state index in [1.807, 2.05) is 0 Å². The minimum atomic E-state index is 1.11. The van der Waals surface area contributed by atoms with Crippen molar-refractivity contribution in [1.29, 1.82) is 0 Å². The largest absolute Gasteiger partial charge is 0.310 e. The van der Waals surface area contributed by atoms with Crippen molar-refractivity contribution in [3.8, 4) is 50.2 Å². The number of benzene rings is 9.